The molecule has 100 valence electrons. The molecule has 1 aliphatic rings. The smallest absolute Gasteiger partial charge is 0.102 e. The minimum absolute atomic E-state index is 0.430. The van der Waals surface area contributed by atoms with Gasteiger partial charge in [0.15, 0.2) is 0 Å². The summed E-state index contributed by atoms with van der Waals surface area (Å²) in [6.07, 6.45) is 0.708. The summed E-state index contributed by atoms with van der Waals surface area (Å²) in [6, 6.07) is 8.17. The van der Waals surface area contributed by atoms with Gasteiger partial charge < -0.3 is 19.9 Å². The Balaban J connectivity index is 1.86. The van der Waals surface area contributed by atoms with Gasteiger partial charge in [0, 0.05) is 33.2 Å². The lowest BCUT2D eigenvalue weighted by atomic mass is 10.0. The lowest BCUT2D eigenvalue weighted by Crippen LogP contribution is -2.40. The van der Waals surface area contributed by atoms with E-state index >= 15 is 0 Å². The van der Waals surface area contributed by atoms with Crippen LogP contribution in [0.3, 0.4) is 0 Å². The zero-order valence-corrected chi connectivity index (χ0v) is 10.8. The van der Waals surface area contributed by atoms with Crippen molar-refractivity contribution >= 4 is 0 Å². The zero-order chi connectivity index (χ0) is 12.8. The standard InChI is InChI=1S/C14H21NO3/c1-17-9-13-5-3-2-4-12(13)8-15-10-14(16)6-7-18-11-14/h2-5,15-16H,6-11H2,1H3. The number of nitrogens with one attached hydrogen (secondary N) is 1. The van der Waals surface area contributed by atoms with Crippen molar-refractivity contribution in [1.82, 2.24) is 5.32 Å². The second-order valence-corrected chi connectivity index (χ2v) is 4.83. The first-order chi connectivity index (χ1) is 8.73. The van der Waals surface area contributed by atoms with Crippen LogP contribution in [0, 0.1) is 0 Å². The maximum absolute atomic E-state index is 10.1. The molecule has 1 aromatic rings. The molecule has 18 heavy (non-hydrogen) atoms. The van der Waals surface area contributed by atoms with Gasteiger partial charge in [-0.25, -0.2) is 0 Å². The van der Waals surface area contributed by atoms with Crippen molar-refractivity contribution in [3.63, 3.8) is 0 Å². The third-order valence-corrected chi connectivity index (χ3v) is 3.27. The van der Waals surface area contributed by atoms with Crippen molar-refractivity contribution in [3.8, 4) is 0 Å². The Kier molecular flexibility index (Phi) is 4.72. The van der Waals surface area contributed by atoms with Crippen LogP contribution in [0.4, 0.5) is 0 Å². The Hall–Kier alpha value is -0.940. The van der Waals surface area contributed by atoms with Crippen LogP contribution in [-0.2, 0) is 22.6 Å². The molecule has 4 heteroatoms. The highest BCUT2D eigenvalue weighted by molar-refractivity contribution is 5.26. The van der Waals surface area contributed by atoms with Crippen LogP contribution in [0.25, 0.3) is 0 Å². The molecule has 0 radical (unpaired) electrons. The summed E-state index contributed by atoms with van der Waals surface area (Å²) in [5.41, 5.74) is 1.69. The van der Waals surface area contributed by atoms with E-state index < -0.39 is 5.60 Å². The van der Waals surface area contributed by atoms with Gasteiger partial charge in [0.25, 0.3) is 0 Å². The van der Waals surface area contributed by atoms with E-state index in [1.165, 1.54) is 11.1 Å². The molecule has 1 atom stereocenters. The molecule has 1 heterocycles. The fourth-order valence-electron chi connectivity index (χ4n) is 2.19. The lowest BCUT2D eigenvalue weighted by molar-refractivity contribution is 0.0268. The van der Waals surface area contributed by atoms with E-state index in [9.17, 15) is 5.11 Å². The van der Waals surface area contributed by atoms with E-state index in [0.717, 1.165) is 6.54 Å². The minimum Gasteiger partial charge on any atom is -0.386 e. The van der Waals surface area contributed by atoms with Gasteiger partial charge in [-0.1, -0.05) is 24.3 Å². The van der Waals surface area contributed by atoms with Gasteiger partial charge in [-0.05, 0) is 11.1 Å². The summed E-state index contributed by atoms with van der Waals surface area (Å²) < 4.78 is 10.4. The number of ether oxygens (including phenoxy) is 2. The molecule has 1 aromatic carbocycles. The molecule has 4 nitrogen and oxygen atoms in total. The number of hydrogen-bond acceptors (Lipinski definition) is 4. The molecule has 0 aliphatic carbocycles. The van der Waals surface area contributed by atoms with E-state index in [4.69, 9.17) is 9.47 Å². The zero-order valence-electron chi connectivity index (χ0n) is 10.8. The molecule has 2 rings (SSSR count). The van der Waals surface area contributed by atoms with Crippen LogP contribution in [0.1, 0.15) is 17.5 Å². The van der Waals surface area contributed by atoms with Crippen molar-refractivity contribution < 1.29 is 14.6 Å². The first-order valence-corrected chi connectivity index (χ1v) is 6.30. The molecule has 1 aliphatic heterocycles. The quantitative estimate of drug-likeness (QED) is 0.794. The number of rotatable bonds is 6. The minimum atomic E-state index is -0.698. The number of hydrogen-bond donors (Lipinski definition) is 2. The van der Waals surface area contributed by atoms with Gasteiger partial charge in [0.2, 0.25) is 0 Å². The third-order valence-electron chi connectivity index (χ3n) is 3.27. The summed E-state index contributed by atoms with van der Waals surface area (Å²) >= 11 is 0. The molecule has 0 saturated carbocycles. The van der Waals surface area contributed by atoms with Crippen LogP contribution >= 0.6 is 0 Å². The highest BCUT2D eigenvalue weighted by Crippen LogP contribution is 2.17. The molecule has 0 spiro atoms. The van der Waals surface area contributed by atoms with Gasteiger partial charge in [-0.2, -0.15) is 0 Å². The van der Waals surface area contributed by atoms with Crippen molar-refractivity contribution in [2.45, 2.75) is 25.2 Å². The van der Waals surface area contributed by atoms with Gasteiger partial charge in [-0.3, -0.25) is 0 Å². The van der Waals surface area contributed by atoms with E-state index in [1.54, 1.807) is 7.11 Å². The third kappa shape index (κ3) is 3.53. The maximum Gasteiger partial charge on any atom is 0.102 e. The molecule has 0 amide bonds. The highest BCUT2D eigenvalue weighted by Gasteiger charge is 2.31. The number of aliphatic hydroxyl groups is 1. The van der Waals surface area contributed by atoms with Crippen LogP contribution in [0.2, 0.25) is 0 Å². The van der Waals surface area contributed by atoms with Crippen LogP contribution in [0.15, 0.2) is 24.3 Å². The van der Waals surface area contributed by atoms with E-state index in [2.05, 4.69) is 17.4 Å². The highest BCUT2D eigenvalue weighted by atomic mass is 16.5. The monoisotopic (exact) mass is 251 g/mol. The average molecular weight is 251 g/mol. The normalized spacial score (nSPS) is 23.4. The van der Waals surface area contributed by atoms with E-state index in [-0.39, 0.29) is 0 Å². The summed E-state index contributed by atoms with van der Waals surface area (Å²) in [7, 11) is 1.70. The predicted molar refractivity (Wildman–Crippen MR) is 69.2 cm³/mol. The van der Waals surface area contributed by atoms with Crippen molar-refractivity contribution in [2.75, 3.05) is 26.9 Å². The molecule has 1 saturated heterocycles. The molecule has 1 fully saturated rings. The summed E-state index contributed by atoms with van der Waals surface area (Å²) in [5, 5.41) is 13.4. The van der Waals surface area contributed by atoms with Gasteiger partial charge in [-0.15, -0.1) is 0 Å². The first-order valence-electron chi connectivity index (χ1n) is 6.30. The summed E-state index contributed by atoms with van der Waals surface area (Å²) in [6.45, 7) is 3.00. The molecule has 0 bridgehead atoms. The van der Waals surface area contributed by atoms with Gasteiger partial charge in [0.1, 0.15) is 5.60 Å². The Morgan fingerprint density at radius 3 is 2.83 bits per heavy atom. The largest absolute Gasteiger partial charge is 0.386 e. The maximum atomic E-state index is 10.1. The second-order valence-electron chi connectivity index (χ2n) is 4.83. The molecule has 2 N–H and O–H groups in total. The van der Waals surface area contributed by atoms with E-state index in [1.807, 2.05) is 12.1 Å². The number of methoxy groups -OCH3 is 1. The topological polar surface area (TPSA) is 50.7 Å². The number of benzene rings is 1. The van der Waals surface area contributed by atoms with Gasteiger partial charge in [0.05, 0.1) is 13.2 Å². The SMILES string of the molecule is COCc1ccccc1CNCC1(O)CCOC1. The summed E-state index contributed by atoms with van der Waals surface area (Å²) in [5.74, 6) is 0. The predicted octanol–water partition coefficient (Wildman–Crippen LogP) is 1.07. The molecular formula is C14H21NO3. The Morgan fingerprint density at radius 2 is 2.17 bits per heavy atom. The second kappa shape index (κ2) is 6.29. The van der Waals surface area contributed by atoms with Crippen molar-refractivity contribution in [1.29, 1.82) is 0 Å². The molecule has 1 unspecified atom stereocenters. The Bertz CT molecular complexity index is 375. The van der Waals surface area contributed by atoms with Crippen molar-refractivity contribution in [3.05, 3.63) is 35.4 Å². The molecular weight excluding hydrogens is 230 g/mol. The fourth-order valence-corrected chi connectivity index (χ4v) is 2.19. The van der Waals surface area contributed by atoms with E-state index in [0.29, 0.717) is 32.8 Å². The van der Waals surface area contributed by atoms with Crippen molar-refractivity contribution in [2.24, 2.45) is 0 Å². The van der Waals surface area contributed by atoms with Crippen LogP contribution in [-0.4, -0.2) is 37.6 Å². The molecule has 0 aromatic heterocycles. The first kappa shape index (κ1) is 13.5. The Labute approximate surface area is 108 Å². The van der Waals surface area contributed by atoms with Crippen LogP contribution in [0.5, 0.6) is 0 Å². The average Bonchev–Trinajstić information content (AvgIpc) is 2.79. The van der Waals surface area contributed by atoms with Gasteiger partial charge >= 0.3 is 0 Å². The lowest BCUT2D eigenvalue weighted by Gasteiger charge is -2.21. The fraction of sp³-hybridized carbons (Fsp3) is 0.571. The summed E-state index contributed by atoms with van der Waals surface area (Å²) in [4.78, 5) is 0. The van der Waals surface area contributed by atoms with Crippen LogP contribution < -0.4 is 5.32 Å². The Morgan fingerprint density at radius 1 is 1.39 bits per heavy atom.